The summed E-state index contributed by atoms with van der Waals surface area (Å²) in [6.45, 7) is 5.03. The van der Waals surface area contributed by atoms with Crippen LogP contribution in [0.25, 0.3) is 0 Å². The fraction of sp³-hybridized carbons (Fsp3) is 0.389. The molecular weight excluding hydrogens is 352 g/mol. The molecule has 0 saturated heterocycles. The molecule has 4 N–H and O–H groups in total. The summed E-state index contributed by atoms with van der Waals surface area (Å²) >= 11 is 0. The number of hydrogen-bond donors (Lipinski definition) is 4. The molecule has 1 aromatic carbocycles. The zero-order valence-electron chi connectivity index (χ0n) is 15.6. The summed E-state index contributed by atoms with van der Waals surface area (Å²) in [6, 6.07) is 4.20. The minimum Gasteiger partial charge on any atom is -0.355 e. The first-order valence-corrected chi connectivity index (χ1v) is 8.42. The van der Waals surface area contributed by atoms with E-state index in [1.165, 1.54) is 39.0 Å². The predicted molar refractivity (Wildman–Crippen MR) is 98.5 cm³/mol. The molecule has 0 aromatic heterocycles. The van der Waals surface area contributed by atoms with Gasteiger partial charge in [-0.1, -0.05) is 0 Å². The first-order valence-electron chi connectivity index (χ1n) is 8.42. The number of amides is 4. The normalized spacial score (nSPS) is 9.89. The molecule has 0 unspecified atom stereocenters. The molecule has 1 aromatic rings. The van der Waals surface area contributed by atoms with E-state index in [9.17, 15) is 24.0 Å². The fourth-order valence-corrected chi connectivity index (χ4v) is 2.13. The van der Waals surface area contributed by atoms with Crippen molar-refractivity contribution in [1.29, 1.82) is 0 Å². The van der Waals surface area contributed by atoms with Gasteiger partial charge in [0.05, 0.1) is 0 Å². The van der Waals surface area contributed by atoms with Gasteiger partial charge in [-0.05, 0) is 25.1 Å². The second-order valence-corrected chi connectivity index (χ2v) is 5.83. The Labute approximate surface area is 157 Å². The quantitative estimate of drug-likeness (QED) is 0.344. The molecule has 0 aliphatic heterocycles. The summed E-state index contributed by atoms with van der Waals surface area (Å²) in [6.07, 6.45) is 0. The average Bonchev–Trinajstić information content (AvgIpc) is 2.61. The van der Waals surface area contributed by atoms with Crippen LogP contribution < -0.4 is 21.3 Å². The molecule has 27 heavy (non-hydrogen) atoms. The molecule has 0 saturated carbocycles. The lowest BCUT2D eigenvalue weighted by molar-refractivity contribution is -0.119. The van der Waals surface area contributed by atoms with Crippen LogP contribution in [0.2, 0.25) is 0 Å². The molecule has 1 rings (SSSR count). The highest BCUT2D eigenvalue weighted by atomic mass is 16.2. The van der Waals surface area contributed by atoms with E-state index in [4.69, 9.17) is 0 Å². The minimum atomic E-state index is -0.462. The first-order chi connectivity index (χ1) is 12.7. The Balaban J connectivity index is 2.82. The number of rotatable bonds is 9. The van der Waals surface area contributed by atoms with Gasteiger partial charge in [0.1, 0.15) is 0 Å². The average molecular weight is 376 g/mol. The van der Waals surface area contributed by atoms with E-state index in [0.29, 0.717) is 0 Å². The van der Waals surface area contributed by atoms with Crippen molar-refractivity contribution in [1.82, 2.24) is 21.3 Å². The highest BCUT2D eigenvalue weighted by Gasteiger charge is 2.14. The topological polar surface area (TPSA) is 133 Å². The maximum Gasteiger partial charge on any atom is 0.251 e. The number of benzene rings is 1. The second-order valence-electron chi connectivity index (χ2n) is 5.83. The summed E-state index contributed by atoms with van der Waals surface area (Å²) in [7, 11) is 0. The molecular formula is C18H24N4O5. The number of carbonyl (C=O) groups is 5. The van der Waals surface area contributed by atoms with Gasteiger partial charge in [0.15, 0.2) is 5.78 Å². The number of hydrogen-bond acceptors (Lipinski definition) is 5. The Morgan fingerprint density at radius 2 is 0.926 bits per heavy atom. The van der Waals surface area contributed by atoms with Gasteiger partial charge < -0.3 is 21.3 Å². The Bertz CT molecular complexity index is 693. The van der Waals surface area contributed by atoms with Crippen LogP contribution in [0.5, 0.6) is 0 Å². The molecule has 0 spiro atoms. The Morgan fingerprint density at radius 3 is 1.26 bits per heavy atom. The van der Waals surface area contributed by atoms with Crippen molar-refractivity contribution < 1.29 is 24.0 Å². The summed E-state index contributed by atoms with van der Waals surface area (Å²) in [4.78, 5) is 57.9. The van der Waals surface area contributed by atoms with Crippen LogP contribution in [-0.2, 0) is 9.59 Å². The van der Waals surface area contributed by atoms with E-state index in [1.807, 2.05) is 0 Å². The monoisotopic (exact) mass is 376 g/mol. The highest BCUT2D eigenvalue weighted by molar-refractivity contribution is 6.04. The van der Waals surface area contributed by atoms with Crippen LogP contribution in [-0.4, -0.2) is 55.6 Å². The third kappa shape index (κ3) is 8.13. The predicted octanol–water partition coefficient (Wildman–Crippen LogP) is -0.379. The molecule has 0 bridgehead atoms. The van der Waals surface area contributed by atoms with Gasteiger partial charge in [-0.25, -0.2) is 0 Å². The van der Waals surface area contributed by atoms with Gasteiger partial charge in [-0.2, -0.15) is 0 Å². The van der Waals surface area contributed by atoms with Crippen molar-refractivity contribution in [3.8, 4) is 0 Å². The Hall–Kier alpha value is -3.23. The molecule has 0 aliphatic carbocycles. The lowest BCUT2D eigenvalue weighted by atomic mass is 10.0. The largest absolute Gasteiger partial charge is 0.355 e. The van der Waals surface area contributed by atoms with Crippen LogP contribution in [0.4, 0.5) is 0 Å². The van der Waals surface area contributed by atoms with Crippen LogP contribution in [0, 0.1) is 0 Å². The maximum atomic E-state index is 12.3. The lowest BCUT2D eigenvalue weighted by Crippen LogP contribution is -2.34. The lowest BCUT2D eigenvalue weighted by Gasteiger charge is -2.10. The van der Waals surface area contributed by atoms with Gasteiger partial charge in [-0.15, -0.1) is 0 Å². The second kappa shape index (κ2) is 10.7. The van der Waals surface area contributed by atoms with Crippen LogP contribution in [0.15, 0.2) is 18.2 Å². The molecule has 9 heteroatoms. The number of Topliss-reactive ketones (excluding diaryl/α,β-unsaturated/α-hetero) is 1. The summed E-state index contributed by atoms with van der Waals surface area (Å²) < 4.78 is 0. The fourth-order valence-electron chi connectivity index (χ4n) is 2.13. The third-order valence-corrected chi connectivity index (χ3v) is 3.43. The van der Waals surface area contributed by atoms with Gasteiger partial charge in [0.2, 0.25) is 11.8 Å². The molecule has 0 radical (unpaired) electrons. The van der Waals surface area contributed by atoms with Crippen LogP contribution in [0.3, 0.4) is 0 Å². The van der Waals surface area contributed by atoms with E-state index in [2.05, 4.69) is 21.3 Å². The molecule has 9 nitrogen and oxygen atoms in total. The van der Waals surface area contributed by atoms with Gasteiger partial charge in [0.25, 0.3) is 11.8 Å². The first kappa shape index (κ1) is 21.8. The van der Waals surface area contributed by atoms with E-state index in [1.54, 1.807) is 0 Å². The van der Waals surface area contributed by atoms with Gasteiger partial charge in [0, 0.05) is 56.7 Å². The van der Waals surface area contributed by atoms with Crippen LogP contribution >= 0.6 is 0 Å². The third-order valence-electron chi connectivity index (χ3n) is 3.43. The number of nitrogens with one attached hydrogen (secondary N) is 4. The van der Waals surface area contributed by atoms with Crippen molar-refractivity contribution in [2.24, 2.45) is 0 Å². The van der Waals surface area contributed by atoms with E-state index in [-0.39, 0.29) is 60.5 Å². The smallest absolute Gasteiger partial charge is 0.251 e. The van der Waals surface area contributed by atoms with Crippen molar-refractivity contribution in [2.75, 3.05) is 26.2 Å². The van der Waals surface area contributed by atoms with E-state index in [0.717, 1.165) is 0 Å². The summed E-state index contributed by atoms with van der Waals surface area (Å²) in [5.74, 6) is -1.62. The van der Waals surface area contributed by atoms with Gasteiger partial charge in [-0.3, -0.25) is 24.0 Å². The van der Waals surface area contributed by atoms with Crippen molar-refractivity contribution >= 4 is 29.4 Å². The molecule has 0 heterocycles. The van der Waals surface area contributed by atoms with E-state index < -0.39 is 11.8 Å². The van der Waals surface area contributed by atoms with Crippen LogP contribution in [0.1, 0.15) is 51.8 Å². The number of carbonyl (C=O) groups excluding carboxylic acids is 5. The van der Waals surface area contributed by atoms with Crippen molar-refractivity contribution in [2.45, 2.75) is 20.8 Å². The molecule has 0 aliphatic rings. The van der Waals surface area contributed by atoms with Crippen molar-refractivity contribution in [3.63, 3.8) is 0 Å². The maximum absolute atomic E-state index is 12.3. The molecule has 4 amide bonds. The summed E-state index contributed by atoms with van der Waals surface area (Å²) in [5.41, 5.74) is 0.562. The zero-order chi connectivity index (χ0) is 20.4. The van der Waals surface area contributed by atoms with E-state index >= 15 is 0 Å². The van der Waals surface area contributed by atoms with Gasteiger partial charge >= 0.3 is 0 Å². The highest BCUT2D eigenvalue weighted by Crippen LogP contribution is 2.12. The minimum absolute atomic E-state index is 0.164. The van der Waals surface area contributed by atoms with Crippen molar-refractivity contribution in [3.05, 3.63) is 34.9 Å². The Morgan fingerprint density at radius 1 is 0.593 bits per heavy atom. The molecule has 146 valence electrons. The zero-order valence-corrected chi connectivity index (χ0v) is 15.6. The molecule has 0 fully saturated rings. The SMILES string of the molecule is CC(=O)NCCNC(=O)c1cc(C(C)=O)cc(C(=O)NCCNC(C)=O)c1. The summed E-state index contributed by atoms with van der Waals surface area (Å²) in [5, 5.41) is 10.3. The molecule has 0 atom stereocenters. The number of ketones is 1. The Kier molecular flexibility index (Phi) is 8.64. The standard InChI is InChI=1S/C18H24N4O5/c1-11(23)14-8-15(17(26)21-6-4-19-12(2)24)10-16(9-14)18(27)22-7-5-20-13(3)25/h8-10H,4-7H2,1-3H3,(H,19,24)(H,20,25)(H,21,26)(H,22,27).